The Morgan fingerprint density at radius 3 is 2.45 bits per heavy atom. The molecule has 2 unspecified atom stereocenters. The lowest BCUT2D eigenvalue weighted by Gasteiger charge is -2.48. The molecule has 2 atom stereocenters. The summed E-state index contributed by atoms with van der Waals surface area (Å²) < 4.78 is 69.2. The Balaban J connectivity index is 1.46. The molecule has 5 rings (SSSR count). The average molecular weight is 531 g/mol. The van der Waals surface area contributed by atoms with Crippen molar-refractivity contribution in [2.75, 3.05) is 10.2 Å². The third-order valence-corrected chi connectivity index (χ3v) is 7.41. The normalized spacial score (nSPS) is 21.6. The lowest BCUT2D eigenvalue weighted by molar-refractivity contribution is -0.274. The molecule has 1 aliphatic carbocycles. The Kier molecular flexibility index (Phi) is 6.79. The van der Waals surface area contributed by atoms with Gasteiger partial charge in [-0.05, 0) is 111 Å². The van der Waals surface area contributed by atoms with Crippen LogP contribution >= 0.6 is 0 Å². The summed E-state index contributed by atoms with van der Waals surface area (Å²) in [5, 5.41) is 3.61. The molecule has 1 fully saturated rings. The van der Waals surface area contributed by atoms with Crippen LogP contribution in [0.1, 0.15) is 53.6 Å². The van der Waals surface area contributed by atoms with Crippen LogP contribution in [0.3, 0.4) is 0 Å². The van der Waals surface area contributed by atoms with Crippen LogP contribution in [0.4, 0.5) is 33.3 Å². The first-order valence-electron chi connectivity index (χ1n) is 12.6. The molecule has 0 bridgehead atoms. The molecule has 38 heavy (non-hydrogen) atoms. The van der Waals surface area contributed by atoms with Gasteiger partial charge in [0.2, 0.25) is 0 Å². The zero-order chi connectivity index (χ0) is 27.1. The third-order valence-electron chi connectivity index (χ3n) is 7.41. The van der Waals surface area contributed by atoms with Crippen LogP contribution in [0.15, 0.2) is 60.7 Å². The Morgan fingerprint density at radius 2 is 1.74 bits per heavy atom. The molecule has 0 aromatic heterocycles. The second-order valence-electron chi connectivity index (χ2n) is 10.1. The number of anilines is 2. The number of hydrogen-bond acceptors (Lipinski definition) is 3. The molecule has 1 spiro atoms. The van der Waals surface area contributed by atoms with Gasteiger partial charge in [0.25, 0.3) is 5.91 Å². The monoisotopic (exact) mass is 530 g/mol. The highest BCUT2D eigenvalue weighted by molar-refractivity contribution is 6.13. The maximum Gasteiger partial charge on any atom is 0.573 e. The number of nitrogens with zero attached hydrogens (tertiary/aromatic N) is 1. The predicted octanol–water partition coefficient (Wildman–Crippen LogP) is 7.76. The molecule has 4 nitrogen and oxygen atoms in total. The van der Waals surface area contributed by atoms with Crippen molar-refractivity contribution in [1.82, 2.24) is 0 Å². The van der Waals surface area contributed by atoms with Gasteiger partial charge in [-0.1, -0.05) is 12.1 Å². The number of benzene rings is 3. The van der Waals surface area contributed by atoms with E-state index in [9.17, 15) is 26.7 Å². The van der Waals surface area contributed by atoms with Gasteiger partial charge < -0.3 is 10.1 Å². The van der Waals surface area contributed by atoms with E-state index < -0.39 is 23.7 Å². The van der Waals surface area contributed by atoms with Gasteiger partial charge in [0.15, 0.2) is 11.6 Å². The first-order valence-corrected chi connectivity index (χ1v) is 12.6. The van der Waals surface area contributed by atoms with Gasteiger partial charge in [0.1, 0.15) is 11.4 Å². The molecule has 9 heteroatoms. The predicted molar refractivity (Wildman–Crippen MR) is 134 cm³/mol. The van der Waals surface area contributed by atoms with Crippen LogP contribution in [0.5, 0.6) is 5.75 Å². The lowest BCUT2D eigenvalue weighted by atomic mass is 9.89. The average Bonchev–Trinajstić information content (AvgIpc) is 3.04. The second-order valence-corrected chi connectivity index (χ2v) is 10.1. The number of carbonyl (C=O) groups excluding carboxylic acids is 1. The van der Waals surface area contributed by atoms with E-state index in [4.69, 9.17) is 0 Å². The summed E-state index contributed by atoms with van der Waals surface area (Å²) >= 11 is 0. The fourth-order valence-corrected chi connectivity index (χ4v) is 5.68. The van der Waals surface area contributed by atoms with Crippen molar-refractivity contribution in [1.29, 1.82) is 0 Å². The molecular weight excluding hydrogens is 503 g/mol. The number of nitrogens with one attached hydrogen (secondary N) is 1. The SMILES string of the molecule is Cc1ccc2c(c1)NC1(CCCC(Cc3ccc(F)c(F)c3)CC1)N(c1ccc(OC(F)(F)F)cc1)C2=O. The number of rotatable bonds is 4. The van der Waals surface area contributed by atoms with Crippen molar-refractivity contribution < 1.29 is 31.5 Å². The minimum atomic E-state index is -4.81. The molecule has 2 aliphatic rings. The van der Waals surface area contributed by atoms with E-state index in [1.807, 2.05) is 19.1 Å². The van der Waals surface area contributed by atoms with E-state index >= 15 is 0 Å². The number of halogens is 5. The molecule has 1 N–H and O–H groups in total. The number of hydrogen-bond donors (Lipinski definition) is 1. The highest BCUT2D eigenvalue weighted by atomic mass is 19.4. The maximum atomic E-state index is 13.9. The van der Waals surface area contributed by atoms with E-state index in [1.54, 1.807) is 17.0 Å². The molecule has 1 amide bonds. The van der Waals surface area contributed by atoms with E-state index in [1.165, 1.54) is 30.3 Å². The van der Waals surface area contributed by atoms with E-state index in [0.717, 1.165) is 35.7 Å². The van der Waals surface area contributed by atoms with Crippen molar-refractivity contribution in [2.45, 2.75) is 57.5 Å². The Bertz CT molecular complexity index is 1340. The van der Waals surface area contributed by atoms with Crippen molar-refractivity contribution in [3.63, 3.8) is 0 Å². The zero-order valence-electron chi connectivity index (χ0n) is 20.7. The zero-order valence-corrected chi connectivity index (χ0v) is 20.7. The fourth-order valence-electron chi connectivity index (χ4n) is 5.68. The molecular formula is C29H27F5N2O2. The van der Waals surface area contributed by atoms with Crippen LogP contribution in [0.25, 0.3) is 0 Å². The van der Waals surface area contributed by atoms with Crippen LogP contribution in [-0.4, -0.2) is 17.9 Å². The summed E-state index contributed by atoms with van der Waals surface area (Å²) in [7, 11) is 0. The van der Waals surface area contributed by atoms with Gasteiger partial charge in [-0.25, -0.2) is 8.78 Å². The number of aryl methyl sites for hydroxylation is 1. The number of alkyl halides is 3. The topological polar surface area (TPSA) is 41.6 Å². The summed E-state index contributed by atoms with van der Waals surface area (Å²) in [6.07, 6.45) is -0.730. The summed E-state index contributed by atoms with van der Waals surface area (Å²) in [5.74, 6) is -2.16. The van der Waals surface area contributed by atoms with Crippen LogP contribution < -0.4 is 15.0 Å². The number of fused-ring (bicyclic) bond motifs is 1. The summed E-state index contributed by atoms with van der Waals surface area (Å²) in [4.78, 5) is 15.5. The van der Waals surface area contributed by atoms with Gasteiger partial charge >= 0.3 is 6.36 Å². The van der Waals surface area contributed by atoms with Crippen LogP contribution in [0, 0.1) is 24.5 Å². The number of carbonyl (C=O) groups is 1. The largest absolute Gasteiger partial charge is 0.573 e. The van der Waals surface area contributed by atoms with Gasteiger partial charge in [0.05, 0.1) is 5.56 Å². The smallest absolute Gasteiger partial charge is 0.406 e. The molecule has 1 heterocycles. The van der Waals surface area contributed by atoms with Gasteiger partial charge in [-0.15, -0.1) is 13.2 Å². The van der Waals surface area contributed by atoms with Gasteiger partial charge in [-0.2, -0.15) is 0 Å². The first kappa shape index (κ1) is 26.0. The highest BCUT2D eigenvalue weighted by Gasteiger charge is 2.46. The first-order chi connectivity index (χ1) is 18.0. The van der Waals surface area contributed by atoms with Crippen molar-refractivity contribution in [3.05, 3.63) is 89.0 Å². The van der Waals surface area contributed by atoms with Gasteiger partial charge in [-0.3, -0.25) is 9.69 Å². The summed E-state index contributed by atoms with van der Waals surface area (Å²) in [5.41, 5.74) is 2.58. The van der Waals surface area contributed by atoms with Crippen molar-refractivity contribution in [2.24, 2.45) is 5.92 Å². The third kappa shape index (κ3) is 5.33. The molecule has 0 saturated heterocycles. The van der Waals surface area contributed by atoms with E-state index in [2.05, 4.69) is 10.1 Å². The summed E-state index contributed by atoms with van der Waals surface area (Å²) in [6, 6.07) is 14.8. The highest BCUT2D eigenvalue weighted by Crippen LogP contribution is 2.44. The molecule has 1 saturated carbocycles. The molecule has 3 aromatic carbocycles. The molecule has 0 radical (unpaired) electrons. The Morgan fingerprint density at radius 1 is 0.974 bits per heavy atom. The molecule has 3 aromatic rings. The number of ether oxygens (including phenoxy) is 1. The minimum Gasteiger partial charge on any atom is -0.406 e. The van der Waals surface area contributed by atoms with Gasteiger partial charge in [0, 0.05) is 11.4 Å². The quantitative estimate of drug-likeness (QED) is 0.351. The lowest BCUT2D eigenvalue weighted by Crippen LogP contribution is -2.60. The summed E-state index contributed by atoms with van der Waals surface area (Å²) in [6.45, 7) is 1.94. The van der Waals surface area contributed by atoms with Crippen molar-refractivity contribution >= 4 is 17.3 Å². The number of amides is 1. The minimum absolute atomic E-state index is 0.194. The van der Waals surface area contributed by atoms with Crippen molar-refractivity contribution in [3.8, 4) is 5.75 Å². The molecule has 200 valence electrons. The van der Waals surface area contributed by atoms with E-state index in [0.29, 0.717) is 36.9 Å². The van der Waals surface area contributed by atoms with Crippen LogP contribution in [-0.2, 0) is 6.42 Å². The standard InChI is InChI=1S/C29H27F5N2O2/c1-18-4-10-23-26(15-18)35-28(36(27(23)37)21-6-8-22(9-7-21)38-29(32,33)34)13-2-3-19(12-14-28)16-20-5-11-24(30)25(31)17-20/h4-11,15,17,19,35H,2-3,12-14,16H2,1H3. The maximum absolute atomic E-state index is 13.9. The van der Waals surface area contributed by atoms with E-state index in [-0.39, 0.29) is 17.6 Å². The fraction of sp³-hybridized carbons (Fsp3) is 0.345. The Labute approximate surface area is 217 Å². The molecule has 1 aliphatic heterocycles. The van der Waals surface area contributed by atoms with Crippen LogP contribution in [0.2, 0.25) is 0 Å². The Hall–Kier alpha value is -3.62. The second kappa shape index (κ2) is 9.93.